The van der Waals surface area contributed by atoms with Crippen LogP contribution in [0.25, 0.3) is 0 Å². The van der Waals surface area contributed by atoms with E-state index in [-0.39, 0.29) is 35.6 Å². The Morgan fingerprint density at radius 1 is 1.12 bits per heavy atom. The van der Waals surface area contributed by atoms with E-state index in [0.29, 0.717) is 11.3 Å². The van der Waals surface area contributed by atoms with Crippen LogP contribution in [-0.2, 0) is 13.0 Å². The summed E-state index contributed by atoms with van der Waals surface area (Å²) in [5, 5.41) is 21.7. The third kappa shape index (κ3) is 3.89. The molecule has 1 aromatic heterocycles. The van der Waals surface area contributed by atoms with Gasteiger partial charge in [-0.25, -0.2) is 0 Å². The van der Waals surface area contributed by atoms with Gasteiger partial charge in [0.15, 0.2) is 11.2 Å². The van der Waals surface area contributed by atoms with Crippen LogP contribution in [0.3, 0.4) is 0 Å². The molecule has 0 aliphatic rings. The van der Waals surface area contributed by atoms with Crippen molar-refractivity contribution in [3.8, 4) is 11.5 Å². The Hall–Kier alpha value is -3.61. The molecule has 2 aromatic carbocycles. The maximum Gasteiger partial charge on any atom is 0.314 e. The van der Waals surface area contributed by atoms with Crippen molar-refractivity contribution < 1.29 is 19.2 Å². The molecule has 7 nitrogen and oxygen atoms in total. The van der Waals surface area contributed by atoms with Gasteiger partial charge in [-0.15, -0.1) is 0 Å². The van der Waals surface area contributed by atoms with Gasteiger partial charge in [0.05, 0.1) is 11.2 Å². The minimum Gasteiger partial charge on any atom is -0.504 e. The van der Waals surface area contributed by atoms with Gasteiger partial charge in [0.1, 0.15) is 12.4 Å². The number of nitrogens with zero attached hydrogens (tertiary/aromatic N) is 1. The zero-order chi connectivity index (χ0) is 18.5. The normalized spacial score (nSPS) is 10.5. The van der Waals surface area contributed by atoms with Crippen LogP contribution < -0.4 is 10.2 Å². The van der Waals surface area contributed by atoms with E-state index in [9.17, 15) is 20.0 Å². The molecule has 0 fully saturated rings. The van der Waals surface area contributed by atoms with Crippen LogP contribution in [0.15, 0.2) is 70.1 Å². The number of aromatic hydroxyl groups is 1. The highest BCUT2D eigenvalue weighted by Gasteiger charge is 2.23. The van der Waals surface area contributed by atoms with Crippen LogP contribution in [0.1, 0.15) is 16.9 Å². The second kappa shape index (κ2) is 7.52. The first-order valence-corrected chi connectivity index (χ1v) is 7.78. The summed E-state index contributed by atoms with van der Waals surface area (Å²) >= 11 is 0. The fourth-order valence-corrected chi connectivity index (χ4v) is 2.47. The standard InChI is InChI=1S/C19H15NO6/c21-15-8-9-25-16(11-15)10-14-6-7-17(20(23)24)19(18(14)22)26-12-13-4-2-1-3-5-13/h1-9,11,22H,10,12H2. The minimum absolute atomic E-state index is 0.0686. The van der Waals surface area contributed by atoms with E-state index < -0.39 is 4.92 Å². The molecule has 7 heteroatoms. The molecular weight excluding hydrogens is 338 g/mol. The summed E-state index contributed by atoms with van der Waals surface area (Å²) < 4.78 is 10.8. The molecule has 0 amide bonds. The number of ether oxygens (including phenoxy) is 1. The topological polar surface area (TPSA) is 103 Å². The predicted octanol–water partition coefficient (Wildman–Crippen LogP) is 3.42. The number of rotatable bonds is 6. The van der Waals surface area contributed by atoms with Crippen LogP contribution in [0.4, 0.5) is 5.69 Å². The molecule has 1 heterocycles. The number of benzene rings is 2. The van der Waals surface area contributed by atoms with Crippen LogP contribution in [-0.4, -0.2) is 10.0 Å². The Balaban J connectivity index is 1.92. The van der Waals surface area contributed by atoms with Gasteiger partial charge in [-0.3, -0.25) is 14.9 Å². The second-order valence-corrected chi connectivity index (χ2v) is 5.56. The van der Waals surface area contributed by atoms with E-state index in [1.807, 2.05) is 30.3 Å². The third-order valence-corrected chi connectivity index (χ3v) is 3.74. The lowest BCUT2D eigenvalue weighted by atomic mass is 10.1. The fourth-order valence-electron chi connectivity index (χ4n) is 2.47. The average Bonchev–Trinajstić information content (AvgIpc) is 2.63. The Morgan fingerprint density at radius 2 is 1.88 bits per heavy atom. The van der Waals surface area contributed by atoms with Gasteiger partial charge >= 0.3 is 5.69 Å². The number of nitro benzene ring substituents is 1. The summed E-state index contributed by atoms with van der Waals surface area (Å²) in [5.74, 6) is -0.230. The van der Waals surface area contributed by atoms with Gasteiger partial charge in [0, 0.05) is 30.2 Å². The minimum atomic E-state index is -0.619. The zero-order valence-corrected chi connectivity index (χ0v) is 13.6. The lowest BCUT2D eigenvalue weighted by Crippen LogP contribution is -2.02. The third-order valence-electron chi connectivity index (χ3n) is 3.74. The molecule has 0 aliphatic heterocycles. The molecule has 3 aromatic rings. The van der Waals surface area contributed by atoms with Gasteiger partial charge in [-0.1, -0.05) is 30.3 Å². The van der Waals surface area contributed by atoms with Crippen molar-refractivity contribution in [1.29, 1.82) is 0 Å². The molecule has 0 bridgehead atoms. The zero-order valence-electron chi connectivity index (χ0n) is 13.6. The first kappa shape index (κ1) is 17.2. The molecule has 0 spiro atoms. The molecule has 0 saturated heterocycles. The van der Waals surface area contributed by atoms with E-state index in [1.54, 1.807) is 0 Å². The number of nitro groups is 1. The second-order valence-electron chi connectivity index (χ2n) is 5.56. The predicted molar refractivity (Wildman–Crippen MR) is 93.3 cm³/mol. The first-order chi connectivity index (χ1) is 12.5. The summed E-state index contributed by atoms with van der Waals surface area (Å²) in [6, 6.07) is 14.3. The van der Waals surface area contributed by atoms with Gasteiger partial charge < -0.3 is 14.3 Å². The Labute approximate surface area is 148 Å². The van der Waals surface area contributed by atoms with Crippen molar-refractivity contribution in [1.82, 2.24) is 0 Å². The van der Waals surface area contributed by atoms with Crippen molar-refractivity contribution in [3.63, 3.8) is 0 Å². The molecule has 26 heavy (non-hydrogen) atoms. The smallest absolute Gasteiger partial charge is 0.314 e. The summed E-state index contributed by atoms with van der Waals surface area (Å²) in [6.45, 7) is 0.0686. The van der Waals surface area contributed by atoms with Crippen molar-refractivity contribution in [3.05, 3.63) is 98.1 Å². The molecule has 0 saturated carbocycles. The molecule has 3 rings (SSSR count). The van der Waals surface area contributed by atoms with Crippen LogP contribution >= 0.6 is 0 Å². The summed E-state index contributed by atoms with van der Waals surface area (Å²) in [5.41, 5.74) is 0.596. The van der Waals surface area contributed by atoms with Gasteiger partial charge in [0.25, 0.3) is 0 Å². The Bertz CT molecular complexity index is 981. The van der Waals surface area contributed by atoms with E-state index in [0.717, 1.165) is 5.56 Å². The SMILES string of the molecule is O=c1ccoc(Cc2ccc([N+](=O)[O-])c(OCc3ccccc3)c2O)c1. The highest BCUT2D eigenvalue weighted by molar-refractivity contribution is 5.59. The lowest BCUT2D eigenvalue weighted by Gasteiger charge is -2.12. The first-order valence-electron chi connectivity index (χ1n) is 7.78. The highest BCUT2D eigenvalue weighted by Crippen LogP contribution is 2.40. The van der Waals surface area contributed by atoms with Crippen molar-refractivity contribution in [2.75, 3.05) is 0 Å². The quantitative estimate of drug-likeness (QED) is 0.538. The van der Waals surface area contributed by atoms with Crippen LogP contribution in [0.2, 0.25) is 0 Å². The molecular formula is C19H15NO6. The number of phenols is 1. The number of hydrogen-bond acceptors (Lipinski definition) is 6. The summed E-state index contributed by atoms with van der Waals surface area (Å²) in [7, 11) is 0. The van der Waals surface area contributed by atoms with E-state index in [4.69, 9.17) is 9.15 Å². The van der Waals surface area contributed by atoms with Crippen LogP contribution in [0, 0.1) is 10.1 Å². The molecule has 0 unspecified atom stereocenters. The van der Waals surface area contributed by atoms with Crippen molar-refractivity contribution in [2.24, 2.45) is 0 Å². The van der Waals surface area contributed by atoms with E-state index in [2.05, 4.69) is 0 Å². The molecule has 0 radical (unpaired) electrons. The van der Waals surface area contributed by atoms with E-state index >= 15 is 0 Å². The molecule has 1 N–H and O–H groups in total. The number of hydrogen-bond donors (Lipinski definition) is 1. The maximum absolute atomic E-state index is 11.4. The molecule has 0 atom stereocenters. The van der Waals surface area contributed by atoms with Crippen LogP contribution in [0.5, 0.6) is 11.5 Å². The maximum atomic E-state index is 11.4. The monoisotopic (exact) mass is 353 g/mol. The van der Waals surface area contributed by atoms with Gasteiger partial charge in [-0.2, -0.15) is 0 Å². The van der Waals surface area contributed by atoms with Gasteiger partial charge in [-0.05, 0) is 11.6 Å². The summed E-state index contributed by atoms with van der Waals surface area (Å²) in [6.07, 6.45) is 1.36. The highest BCUT2D eigenvalue weighted by atomic mass is 16.6. The van der Waals surface area contributed by atoms with E-state index in [1.165, 1.54) is 30.5 Å². The molecule has 132 valence electrons. The Kier molecular flexibility index (Phi) is 4.98. The molecule has 0 aliphatic carbocycles. The van der Waals surface area contributed by atoms with Crippen molar-refractivity contribution >= 4 is 5.69 Å². The largest absolute Gasteiger partial charge is 0.504 e. The summed E-state index contributed by atoms with van der Waals surface area (Å²) in [4.78, 5) is 22.0. The van der Waals surface area contributed by atoms with Crippen molar-refractivity contribution in [2.45, 2.75) is 13.0 Å². The lowest BCUT2D eigenvalue weighted by molar-refractivity contribution is -0.386. The Morgan fingerprint density at radius 3 is 2.58 bits per heavy atom. The van der Waals surface area contributed by atoms with Gasteiger partial charge in [0.2, 0.25) is 5.75 Å². The fraction of sp³-hybridized carbons (Fsp3) is 0.105. The number of phenolic OH excluding ortho intramolecular Hbond substituents is 1. The average molecular weight is 353 g/mol.